The second-order valence-corrected chi connectivity index (χ2v) is 10.5. The Balaban J connectivity index is 1.96. The van der Waals surface area contributed by atoms with Crippen molar-refractivity contribution in [3.63, 3.8) is 0 Å². The van der Waals surface area contributed by atoms with E-state index in [1.54, 1.807) is 18.2 Å². The summed E-state index contributed by atoms with van der Waals surface area (Å²) < 4.78 is 37.9. The van der Waals surface area contributed by atoms with Gasteiger partial charge in [-0.3, -0.25) is 13.9 Å². The number of nitrogens with one attached hydrogen (secondary N) is 1. The Hall–Kier alpha value is -3.27. The van der Waals surface area contributed by atoms with Gasteiger partial charge in [0.2, 0.25) is 28.6 Å². The summed E-state index contributed by atoms with van der Waals surface area (Å²) in [5.41, 5.74) is 2.22. The van der Waals surface area contributed by atoms with Crippen molar-refractivity contribution in [3.05, 3.63) is 53.6 Å². The number of nitrogens with zero attached hydrogens (tertiary/aromatic N) is 2. The van der Waals surface area contributed by atoms with Crippen LogP contribution in [0, 0.1) is 6.92 Å². The zero-order valence-corrected chi connectivity index (χ0v) is 21.4. The van der Waals surface area contributed by atoms with Crippen LogP contribution in [0.2, 0.25) is 0 Å². The zero-order chi connectivity index (χ0) is 25.6. The first kappa shape index (κ1) is 26.3. The van der Waals surface area contributed by atoms with Crippen LogP contribution in [0.15, 0.2) is 42.5 Å². The maximum absolute atomic E-state index is 13.7. The van der Waals surface area contributed by atoms with E-state index in [4.69, 9.17) is 9.47 Å². The molecule has 10 heteroatoms. The van der Waals surface area contributed by atoms with Gasteiger partial charge in [-0.2, -0.15) is 0 Å². The third-order valence-corrected chi connectivity index (χ3v) is 7.58. The SMILES string of the molecule is CCNC(=O)[C@@H](CC)N(Cc1ccc(C)cc1)C(=O)CN(c1ccc2c(c1)OCO2)S(=O)(=O)CC. The Morgan fingerprint density at radius 3 is 2.34 bits per heavy atom. The molecule has 1 N–H and O–H groups in total. The van der Waals surface area contributed by atoms with E-state index in [9.17, 15) is 18.0 Å². The minimum absolute atomic E-state index is 0.0489. The van der Waals surface area contributed by atoms with Gasteiger partial charge in [-0.1, -0.05) is 36.8 Å². The molecule has 1 aliphatic heterocycles. The molecule has 0 bridgehead atoms. The lowest BCUT2D eigenvalue weighted by Gasteiger charge is -2.33. The monoisotopic (exact) mass is 503 g/mol. The van der Waals surface area contributed by atoms with E-state index >= 15 is 0 Å². The van der Waals surface area contributed by atoms with E-state index in [1.165, 1.54) is 11.8 Å². The van der Waals surface area contributed by atoms with Gasteiger partial charge < -0.3 is 19.7 Å². The van der Waals surface area contributed by atoms with Crippen LogP contribution in [0.25, 0.3) is 0 Å². The number of aryl methyl sites for hydroxylation is 1. The molecule has 0 radical (unpaired) electrons. The summed E-state index contributed by atoms with van der Waals surface area (Å²) >= 11 is 0. The van der Waals surface area contributed by atoms with Gasteiger partial charge in [-0.25, -0.2) is 8.42 Å². The Morgan fingerprint density at radius 2 is 1.71 bits per heavy atom. The van der Waals surface area contributed by atoms with Gasteiger partial charge in [-0.05, 0) is 44.9 Å². The van der Waals surface area contributed by atoms with Gasteiger partial charge >= 0.3 is 0 Å². The van der Waals surface area contributed by atoms with E-state index in [2.05, 4.69) is 5.32 Å². The van der Waals surface area contributed by atoms with Crippen LogP contribution < -0.4 is 19.1 Å². The summed E-state index contributed by atoms with van der Waals surface area (Å²) in [6.45, 7) is 7.33. The molecule has 9 nitrogen and oxygen atoms in total. The Bertz CT molecular complexity index is 1150. The summed E-state index contributed by atoms with van der Waals surface area (Å²) in [7, 11) is -3.81. The summed E-state index contributed by atoms with van der Waals surface area (Å²) in [5, 5.41) is 2.79. The molecule has 1 atom stereocenters. The Labute approximate surface area is 207 Å². The molecular formula is C25H33N3O6S. The highest BCUT2D eigenvalue weighted by atomic mass is 32.2. The molecule has 0 fully saturated rings. The number of hydrogen-bond acceptors (Lipinski definition) is 6. The molecule has 2 aromatic carbocycles. The number of carbonyl (C=O) groups excluding carboxylic acids is 2. The van der Waals surface area contributed by atoms with E-state index in [-0.39, 0.29) is 25.0 Å². The van der Waals surface area contributed by atoms with E-state index < -0.39 is 28.5 Å². The number of rotatable bonds is 11. The van der Waals surface area contributed by atoms with Crippen molar-refractivity contribution in [3.8, 4) is 11.5 Å². The van der Waals surface area contributed by atoms with Gasteiger partial charge in [0.05, 0.1) is 11.4 Å². The van der Waals surface area contributed by atoms with E-state index in [0.29, 0.717) is 30.2 Å². The van der Waals surface area contributed by atoms with Crippen molar-refractivity contribution in [2.75, 3.05) is 29.9 Å². The minimum atomic E-state index is -3.81. The zero-order valence-electron chi connectivity index (χ0n) is 20.6. The number of fused-ring (bicyclic) bond motifs is 1. The lowest BCUT2D eigenvalue weighted by Crippen LogP contribution is -2.52. The first-order valence-corrected chi connectivity index (χ1v) is 13.3. The third-order valence-electron chi connectivity index (χ3n) is 5.83. The van der Waals surface area contributed by atoms with Crippen LogP contribution in [0.3, 0.4) is 0 Å². The average Bonchev–Trinajstić information content (AvgIpc) is 3.31. The van der Waals surface area contributed by atoms with Crippen molar-refractivity contribution in [1.29, 1.82) is 0 Å². The molecule has 0 unspecified atom stereocenters. The maximum atomic E-state index is 13.7. The topological polar surface area (TPSA) is 105 Å². The largest absolute Gasteiger partial charge is 0.454 e. The quantitative estimate of drug-likeness (QED) is 0.506. The number of likely N-dealkylation sites (N-methyl/N-ethyl adjacent to an activating group) is 1. The first-order chi connectivity index (χ1) is 16.7. The normalized spacial score (nSPS) is 13.3. The van der Waals surface area contributed by atoms with E-state index in [0.717, 1.165) is 15.4 Å². The molecule has 0 aromatic heterocycles. The van der Waals surface area contributed by atoms with Crippen molar-refractivity contribution in [1.82, 2.24) is 10.2 Å². The number of hydrogen-bond donors (Lipinski definition) is 1. The molecule has 35 heavy (non-hydrogen) atoms. The van der Waals surface area contributed by atoms with Gasteiger partial charge in [0.1, 0.15) is 12.6 Å². The fourth-order valence-corrected chi connectivity index (χ4v) is 4.92. The number of anilines is 1. The second-order valence-electron chi connectivity index (χ2n) is 8.27. The fourth-order valence-electron chi connectivity index (χ4n) is 3.86. The lowest BCUT2D eigenvalue weighted by atomic mass is 10.1. The average molecular weight is 504 g/mol. The Kier molecular flexibility index (Phi) is 8.61. The number of amides is 2. The molecule has 0 aliphatic carbocycles. The standard InChI is InChI=1S/C25H33N3O6S/c1-5-21(25(30)26-6-2)27(15-19-10-8-18(4)9-11-19)24(29)16-28(35(31,32)7-3)20-12-13-22-23(14-20)34-17-33-22/h8-14,21H,5-7,15-17H2,1-4H3,(H,26,30)/t21-/m1/s1. The van der Waals surface area contributed by atoms with Crippen molar-refractivity contribution in [2.45, 2.75) is 46.7 Å². The number of ether oxygens (including phenoxy) is 2. The predicted molar refractivity (Wildman–Crippen MR) is 134 cm³/mol. The highest BCUT2D eigenvalue weighted by Crippen LogP contribution is 2.36. The smallest absolute Gasteiger partial charge is 0.244 e. The van der Waals surface area contributed by atoms with Crippen molar-refractivity contribution >= 4 is 27.5 Å². The molecule has 1 aliphatic rings. The number of carbonyl (C=O) groups is 2. The molecule has 0 saturated carbocycles. The molecule has 3 rings (SSSR count). The molecule has 1 heterocycles. The van der Waals surface area contributed by atoms with Crippen LogP contribution in [-0.2, 0) is 26.2 Å². The van der Waals surface area contributed by atoms with Crippen LogP contribution in [0.4, 0.5) is 5.69 Å². The summed E-state index contributed by atoms with van der Waals surface area (Å²) in [4.78, 5) is 28.0. The summed E-state index contributed by atoms with van der Waals surface area (Å²) in [6.07, 6.45) is 0.383. The highest BCUT2D eigenvalue weighted by molar-refractivity contribution is 7.92. The number of benzene rings is 2. The second kappa shape index (κ2) is 11.4. The lowest BCUT2D eigenvalue weighted by molar-refractivity contribution is -0.140. The first-order valence-electron chi connectivity index (χ1n) is 11.7. The van der Waals surface area contributed by atoms with E-state index in [1.807, 2.05) is 45.0 Å². The summed E-state index contributed by atoms with van der Waals surface area (Å²) in [5.74, 6) is -0.0178. The molecule has 2 amide bonds. The Morgan fingerprint density at radius 1 is 1.03 bits per heavy atom. The predicted octanol–water partition coefficient (Wildman–Crippen LogP) is 2.82. The van der Waals surface area contributed by atoms with Crippen molar-refractivity contribution < 1.29 is 27.5 Å². The third kappa shape index (κ3) is 6.25. The fraction of sp³-hybridized carbons (Fsp3) is 0.440. The minimum Gasteiger partial charge on any atom is -0.454 e. The van der Waals surface area contributed by atoms with Crippen LogP contribution in [-0.4, -0.2) is 56.8 Å². The molecule has 2 aromatic rings. The van der Waals surface area contributed by atoms with Crippen LogP contribution in [0.1, 0.15) is 38.3 Å². The molecule has 0 spiro atoms. The molecule has 0 saturated heterocycles. The van der Waals surface area contributed by atoms with Crippen LogP contribution >= 0.6 is 0 Å². The van der Waals surface area contributed by atoms with Crippen molar-refractivity contribution in [2.24, 2.45) is 0 Å². The van der Waals surface area contributed by atoms with Gasteiger partial charge in [0.15, 0.2) is 11.5 Å². The van der Waals surface area contributed by atoms with Gasteiger partial charge in [0, 0.05) is 19.2 Å². The van der Waals surface area contributed by atoms with Gasteiger partial charge in [0.25, 0.3) is 0 Å². The molecular weight excluding hydrogens is 470 g/mol. The number of sulfonamides is 1. The molecule has 190 valence electrons. The highest BCUT2D eigenvalue weighted by Gasteiger charge is 2.32. The maximum Gasteiger partial charge on any atom is 0.244 e. The van der Waals surface area contributed by atoms with Gasteiger partial charge in [-0.15, -0.1) is 0 Å². The summed E-state index contributed by atoms with van der Waals surface area (Å²) in [6, 6.07) is 11.7. The van der Waals surface area contributed by atoms with Crippen LogP contribution in [0.5, 0.6) is 11.5 Å².